The van der Waals surface area contributed by atoms with Crippen molar-refractivity contribution in [2.45, 2.75) is 46.0 Å². The van der Waals surface area contributed by atoms with Gasteiger partial charge in [-0.2, -0.15) is 0 Å². The summed E-state index contributed by atoms with van der Waals surface area (Å²) in [5.41, 5.74) is 2.48. The van der Waals surface area contributed by atoms with E-state index in [2.05, 4.69) is 30.2 Å². The lowest BCUT2D eigenvalue weighted by atomic mass is 9.81. The Labute approximate surface area is 105 Å². The highest BCUT2D eigenvalue weighted by Crippen LogP contribution is 2.30. The number of anilines is 1. The molecule has 2 rings (SSSR count). The summed E-state index contributed by atoms with van der Waals surface area (Å²) in [6.45, 7) is 5.60. The second kappa shape index (κ2) is 6.04. The van der Waals surface area contributed by atoms with E-state index in [1.807, 2.05) is 12.4 Å². The molecule has 0 aliphatic heterocycles. The van der Waals surface area contributed by atoms with Crippen LogP contribution in [0.4, 0.5) is 5.69 Å². The van der Waals surface area contributed by atoms with Crippen LogP contribution in [0.25, 0.3) is 0 Å². The minimum absolute atomic E-state index is 0.938. The topological polar surface area (TPSA) is 24.9 Å². The van der Waals surface area contributed by atoms with Crippen molar-refractivity contribution in [3.05, 3.63) is 24.0 Å². The van der Waals surface area contributed by atoms with E-state index in [4.69, 9.17) is 0 Å². The van der Waals surface area contributed by atoms with Crippen LogP contribution >= 0.6 is 0 Å². The molecule has 0 saturated heterocycles. The molecular formula is C15H24N2. The highest BCUT2D eigenvalue weighted by atomic mass is 14.9. The Bertz CT molecular complexity index is 349. The summed E-state index contributed by atoms with van der Waals surface area (Å²) in [5, 5.41) is 3.54. The number of aryl methyl sites for hydroxylation is 1. The number of nitrogens with one attached hydrogen (secondary N) is 1. The van der Waals surface area contributed by atoms with E-state index in [-0.39, 0.29) is 0 Å². The molecule has 0 amide bonds. The Balaban J connectivity index is 1.74. The summed E-state index contributed by atoms with van der Waals surface area (Å²) in [6, 6.07) is 2.07. The molecule has 0 aromatic carbocycles. The van der Waals surface area contributed by atoms with Crippen molar-refractivity contribution in [1.29, 1.82) is 0 Å². The molecule has 0 spiro atoms. The third-order valence-electron chi connectivity index (χ3n) is 3.93. The van der Waals surface area contributed by atoms with Crippen LogP contribution in [0.3, 0.4) is 0 Å². The standard InChI is InChI=1S/C15H24N2/c1-12-4-3-5-14(10-12)6-9-17-15-7-8-16-11-13(15)2/h7-8,11-12,14H,3-6,9-10H2,1-2H3,(H,16,17). The Morgan fingerprint density at radius 3 is 3.06 bits per heavy atom. The fourth-order valence-corrected chi connectivity index (χ4v) is 2.90. The highest BCUT2D eigenvalue weighted by molar-refractivity contribution is 5.48. The van der Waals surface area contributed by atoms with E-state index in [9.17, 15) is 0 Å². The lowest BCUT2D eigenvalue weighted by molar-refractivity contribution is 0.274. The van der Waals surface area contributed by atoms with Crippen molar-refractivity contribution < 1.29 is 0 Å². The Kier molecular flexibility index (Phi) is 4.41. The zero-order valence-electron chi connectivity index (χ0n) is 11.1. The van der Waals surface area contributed by atoms with E-state index >= 15 is 0 Å². The Hall–Kier alpha value is -1.05. The van der Waals surface area contributed by atoms with Gasteiger partial charge in [-0.3, -0.25) is 4.98 Å². The number of rotatable bonds is 4. The third-order valence-corrected chi connectivity index (χ3v) is 3.93. The number of hydrogen-bond acceptors (Lipinski definition) is 2. The molecule has 17 heavy (non-hydrogen) atoms. The van der Waals surface area contributed by atoms with Gasteiger partial charge in [0.2, 0.25) is 0 Å². The lowest BCUT2D eigenvalue weighted by Crippen LogP contribution is -2.16. The van der Waals surface area contributed by atoms with Gasteiger partial charge in [0.1, 0.15) is 0 Å². The monoisotopic (exact) mass is 232 g/mol. The molecule has 0 bridgehead atoms. The van der Waals surface area contributed by atoms with Crippen LogP contribution < -0.4 is 5.32 Å². The van der Waals surface area contributed by atoms with Gasteiger partial charge in [-0.05, 0) is 43.2 Å². The summed E-state index contributed by atoms with van der Waals surface area (Å²) >= 11 is 0. The molecule has 94 valence electrons. The van der Waals surface area contributed by atoms with Gasteiger partial charge in [-0.1, -0.05) is 26.2 Å². The van der Waals surface area contributed by atoms with Crippen LogP contribution in [0.15, 0.2) is 18.5 Å². The van der Waals surface area contributed by atoms with Crippen LogP contribution in [0.1, 0.15) is 44.6 Å². The highest BCUT2D eigenvalue weighted by Gasteiger charge is 2.18. The largest absolute Gasteiger partial charge is 0.385 e. The van der Waals surface area contributed by atoms with E-state index in [0.717, 1.165) is 18.4 Å². The average molecular weight is 232 g/mol. The van der Waals surface area contributed by atoms with Crippen molar-refractivity contribution in [3.63, 3.8) is 0 Å². The van der Waals surface area contributed by atoms with Crippen LogP contribution in [0, 0.1) is 18.8 Å². The minimum Gasteiger partial charge on any atom is -0.385 e. The van der Waals surface area contributed by atoms with E-state index in [1.54, 1.807) is 0 Å². The summed E-state index contributed by atoms with van der Waals surface area (Å²) in [5.74, 6) is 1.88. The SMILES string of the molecule is Cc1cnccc1NCCC1CCCC(C)C1. The molecule has 1 fully saturated rings. The van der Waals surface area contributed by atoms with Crippen LogP contribution in [-0.2, 0) is 0 Å². The first kappa shape index (κ1) is 12.4. The lowest BCUT2D eigenvalue weighted by Gasteiger charge is -2.26. The maximum absolute atomic E-state index is 4.11. The van der Waals surface area contributed by atoms with Gasteiger partial charge in [-0.25, -0.2) is 0 Å². The minimum atomic E-state index is 0.938. The molecule has 1 saturated carbocycles. The van der Waals surface area contributed by atoms with Crippen LogP contribution in [0.2, 0.25) is 0 Å². The molecule has 2 atom stereocenters. The first-order chi connectivity index (χ1) is 8.25. The van der Waals surface area contributed by atoms with Crippen molar-refractivity contribution in [1.82, 2.24) is 4.98 Å². The fourth-order valence-electron chi connectivity index (χ4n) is 2.90. The molecule has 1 aliphatic rings. The second-order valence-corrected chi connectivity index (χ2v) is 5.54. The van der Waals surface area contributed by atoms with Gasteiger partial charge >= 0.3 is 0 Å². The molecule has 1 aromatic rings. The van der Waals surface area contributed by atoms with Gasteiger partial charge in [0.05, 0.1) is 0 Å². The van der Waals surface area contributed by atoms with Crippen LogP contribution in [-0.4, -0.2) is 11.5 Å². The normalized spacial score (nSPS) is 24.6. The smallest absolute Gasteiger partial charge is 0.0400 e. The zero-order chi connectivity index (χ0) is 12.1. The Morgan fingerprint density at radius 1 is 1.41 bits per heavy atom. The van der Waals surface area contributed by atoms with Crippen molar-refractivity contribution in [3.8, 4) is 0 Å². The average Bonchev–Trinajstić information content (AvgIpc) is 2.32. The van der Waals surface area contributed by atoms with E-state index in [0.29, 0.717) is 0 Å². The van der Waals surface area contributed by atoms with E-state index in [1.165, 1.54) is 43.4 Å². The molecule has 2 nitrogen and oxygen atoms in total. The molecule has 2 heteroatoms. The summed E-state index contributed by atoms with van der Waals surface area (Å²) in [6.07, 6.45) is 10.8. The molecule has 0 radical (unpaired) electrons. The van der Waals surface area contributed by atoms with E-state index < -0.39 is 0 Å². The first-order valence-electron chi connectivity index (χ1n) is 6.90. The quantitative estimate of drug-likeness (QED) is 0.848. The third kappa shape index (κ3) is 3.72. The van der Waals surface area contributed by atoms with Gasteiger partial charge in [0, 0.05) is 24.6 Å². The predicted molar refractivity (Wildman–Crippen MR) is 73.2 cm³/mol. The number of aromatic nitrogens is 1. The number of nitrogens with zero attached hydrogens (tertiary/aromatic N) is 1. The fraction of sp³-hybridized carbons (Fsp3) is 0.667. The van der Waals surface area contributed by atoms with Gasteiger partial charge in [0.15, 0.2) is 0 Å². The van der Waals surface area contributed by atoms with Crippen LogP contribution in [0.5, 0.6) is 0 Å². The van der Waals surface area contributed by atoms with Crippen molar-refractivity contribution >= 4 is 5.69 Å². The summed E-state index contributed by atoms with van der Waals surface area (Å²) in [4.78, 5) is 4.11. The Morgan fingerprint density at radius 2 is 2.29 bits per heavy atom. The van der Waals surface area contributed by atoms with Gasteiger partial charge in [0.25, 0.3) is 0 Å². The van der Waals surface area contributed by atoms with Gasteiger partial charge in [-0.15, -0.1) is 0 Å². The maximum atomic E-state index is 4.11. The molecular weight excluding hydrogens is 208 g/mol. The summed E-state index contributed by atoms with van der Waals surface area (Å²) in [7, 11) is 0. The van der Waals surface area contributed by atoms with Crippen molar-refractivity contribution in [2.75, 3.05) is 11.9 Å². The number of hydrogen-bond donors (Lipinski definition) is 1. The second-order valence-electron chi connectivity index (χ2n) is 5.54. The first-order valence-corrected chi connectivity index (χ1v) is 6.90. The number of pyridine rings is 1. The maximum Gasteiger partial charge on any atom is 0.0400 e. The predicted octanol–water partition coefficient (Wildman–Crippen LogP) is 4.02. The zero-order valence-corrected chi connectivity index (χ0v) is 11.1. The van der Waals surface area contributed by atoms with Crippen molar-refractivity contribution in [2.24, 2.45) is 11.8 Å². The molecule has 1 aromatic heterocycles. The molecule has 2 unspecified atom stereocenters. The summed E-state index contributed by atoms with van der Waals surface area (Å²) < 4.78 is 0. The molecule has 1 heterocycles. The molecule has 1 N–H and O–H groups in total. The molecule has 1 aliphatic carbocycles. The van der Waals surface area contributed by atoms with Gasteiger partial charge < -0.3 is 5.32 Å².